The van der Waals surface area contributed by atoms with Crippen LogP contribution >= 0.6 is 0 Å². The van der Waals surface area contributed by atoms with Crippen LogP contribution < -0.4 is 5.32 Å². The Labute approximate surface area is 242 Å². The molecule has 6 unspecified atom stereocenters. The number of ketones is 2. The number of likely N-dealkylation sites (N-methyl/N-ethyl adjacent to an activating group) is 2. The van der Waals surface area contributed by atoms with Gasteiger partial charge >= 0.3 is 5.97 Å². The zero-order valence-electron chi connectivity index (χ0n) is 27.2. The molecule has 0 aliphatic carbocycles. The largest absolute Gasteiger partial charge is 0.460 e. The molecular formula is C31H56N2O7. The number of hydrogen-bond acceptors (Lipinski definition) is 9. The third-order valence-corrected chi connectivity index (χ3v) is 9.55. The average molecular weight is 569 g/mol. The summed E-state index contributed by atoms with van der Waals surface area (Å²) in [6, 6.07) is 0.0598. The van der Waals surface area contributed by atoms with Gasteiger partial charge in [-0.25, -0.2) is 0 Å². The van der Waals surface area contributed by atoms with E-state index >= 15 is 0 Å². The van der Waals surface area contributed by atoms with E-state index in [-0.39, 0.29) is 41.7 Å². The molecule has 232 valence electrons. The molecule has 2 heterocycles. The molecule has 0 aromatic rings. The van der Waals surface area contributed by atoms with E-state index in [0.29, 0.717) is 12.8 Å². The van der Waals surface area contributed by atoms with Gasteiger partial charge in [-0.15, -0.1) is 0 Å². The Hall–Kier alpha value is -1.39. The lowest BCUT2D eigenvalue weighted by molar-refractivity contribution is -0.289. The molecule has 0 aromatic heterocycles. The Morgan fingerprint density at radius 1 is 0.925 bits per heavy atom. The number of hydrogen-bond donors (Lipinski definition) is 1. The Morgan fingerprint density at radius 2 is 1.50 bits per heavy atom. The Kier molecular flexibility index (Phi) is 11.9. The van der Waals surface area contributed by atoms with E-state index in [9.17, 15) is 14.4 Å². The molecule has 0 saturated carbocycles. The second kappa shape index (κ2) is 13.7. The molecule has 2 saturated heterocycles. The second-order valence-corrected chi connectivity index (χ2v) is 13.6. The molecule has 2 fully saturated rings. The number of esters is 1. The van der Waals surface area contributed by atoms with E-state index < -0.39 is 47.3 Å². The van der Waals surface area contributed by atoms with E-state index in [0.717, 1.165) is 6.42 Å². The van der Waals surface area contributed by atoms with Crippen molar-refractivity contribution < 1.29 is 33.3 Å². The molecule has 2 aliphatic rings. The van der Waals surface area contributed by atoms with Crippen molar-refractivity contribution in [2.75, 3.05) is 28.3 Å². The standard InChI is InChI=1S/C31H56N2O7/c1-17-15-30(7,8)27(40-29-26(37-13)23(33(11)12)14-19(3)38-29)20(4)25(35)21(5)28(36)39-22(6)31(9,32-10)16-18(2)24(17)34/h17-23,26-27,29,32H,14-16H2,1-13H3/t17?,18?,19-,20+,21-,22-,23?,26?,27?,29?,31+/m1/s1. The molecule has 0 amide bonds. The van der Waals surface area contributed by atoms with Crippen LogP contribution in [-0.4, -0.2) is 93.0 Å². The van der Waals surface area contributed by atoms with Gasteiger partial charge in [0, 0.05) is 30.9 Å². The normalized spacial score (nSPS) is 42.4. The first kappa shape index (κ1) is 34.8. The first-order valence-corrected chi connectivity index (χ1v) is 14.9. The van der Waals surface area contributed by atoms with Gasteiger partial charge in [0.25, 0.3) is 0 Å². The van der Waals surface area contributed by atoms with Crippen LogP contribution in [0.4, 0.5) is 0 Å². The van der Waals surface area contributed by atoms with Crippen molar-refractivity contribution in [2.45, 2.75) is 124 Å². The van der Waals surface area contributed by atoms with E-state index in [4.69, 9.17) is 18.9 Å². The number of nitrogens with zero attached hydrogens (tertiary/aromatic N) is 1. The minimum absolute atomic E-state index is 0.0598. The van der Waals surface area contributed by atoms with Crippen LogP contribution in [0.25, 0.3) is 0 Å². The van der Waals surface area contributed by atoms with Crippen molar-refractivity contribution in [1.29, 1.82) is 0 Å². The van der Waals surface area contributed by atoms with Crippen molar-refractivity contribution in [3.8, 4) is 0 Å². The quantitative estimate of drug-likeness (QED) is 0.391. The zero-order chi connectivity index (χ0) is 30.7. The summed E-state index contributed by atoms with van der Waals surface area (Å²) in [4.78, 5) is 42.8. The van der Waals surface area contributed by atoms with Crippen LogP contribution in [0.2, 0.25) is 0 Å². The van der Waals surface area contributed by atoms with Gasteiger partial charge in [0.2, 0.25) is 0 Å². The lowest BCUT2D eigenvalue weighted by Crippen LogP contribution is -2.58. The molecule has 9 heteroatoms. The van der Waals surface area contributed by atoms with E-state index in [1.807, 2.05) is 62.6 Å². The molecule has 40 heavy (non-hydrogen) atoms. The summed E-state index contributed by atoms with van der Waals surface area (Å²) in [6.45, 7) is 17.1. The van der Waals surface area contributed by atoms with Crippen LogP contribution in [0, 0.1) is 29.1 Å². The summed E-state index contributed by atoms with van der Waals surface area (Å²) < 4.78 is 24.7. The molecule has 11 atom stereocenters. The van der Waals surface area contributed by atoms with Crippen molar-refractivity contribution in [3.05, 3.63) is 0 Å². The first-order chi connectivity index (χ1) is 18.4. The van der Waals surface area contributed by atoms with Crippen LogP contribution in [0.15, 0.2) is 0 Å². The smallest absolute Gasteiger partial charge is 0.316 e. The molecular weight excluding hydrogens is 512 g/mol. The number of carbonyl (C=O) groups is 3. The number of nitrogens with one attached hydrogen (secondary N) is 1. The number of cyclic esters (lactones) is 1. The van der Waals surface area contributed by atoms with Gasteiger partial charge in [-0.3, -0.25) is 14.4 Å². The number of ether oxygens (including phenoxy) is 4. The minimum Gasteiger partial charge on any atom is -0.460 e. The summed E-state index contributed by atoms with van der Waals surface area (Å²) in [7, 11) is 7.46. The molecule has 0 bridgehead atoms. The van der Waals surface area contributed by atoms with Gasteiger partial charge in [0.15, 0.2) is 12.1 Å². The van der Waals surface area contributed by atoms with Gasteiger partial charge < -0.3 is 29.2 Å². The van der Waals surface area contributed by atoms with E-state index in [2.05, 4.69) is 10.2 Å². The predicted octanol–water partition coefficient (Wildman–Crippen LogP) is 3.86. The molecule has 0 aromatic carbocycles. The third-order valence-electron chi connectivity index (χ3n) is 9.55. The first-order valence-electron chi connectivity index (χ1n) is 14.9. The van der Waals surface area contributed by atoms with Gasteiger partial charge in [-0.2, -0.15) is 0 Å². The Morgan fingerprint density at radius 3 is 2.02 bits per heavy atom. The second-order valence-electron chi connectivity index (χ2n) is 13.6. The molecule has 0 radical (unpaired) electrons. The van der Waals surface area contributed by atoms with Crippen molar-refractivity contribution in [2.24, 2.45) is 29.1 Å². The van der Waals surface area contributed by atoms with Crippen LogP contribution in [0.3, 0.4) is 0 Å². The van der Waals surface area contributed by atoms with Crippen LogP contribution in [0.5, 0.6) is 0 Å². The Bertz CT molecular complexity index is 893. The number of carbonyl (C=O) groups excluding carboxylic acids is 3. The molecule has 9 nitrogen and oxygen atoms in total. The number of Topliss-reactive ketones (excluding diaryl/α,β-unsaturated/α-hetero) is 2. The highest BCUT2D eigenvalue weighted by atomic mass is 16.7. The summed E-state index contributed by atoms with van der Waals surface area (Å²) >= 11 is 0. The lowest BCUT2D eigenvalue weighted by Gasteiger charge is -2.47. The third kappa shape index (κ3) is 7.71. The molecule has 1 N–H and O–H groups in total. The van der Waals surface area contributed by atoms with Gasteiger partial charge in [0.1, 0.15) is 23.9 Å². The van der Waals surface area contributed by atoms with Crippen molar-refractivity contribution in [3.63, 3.8) is 0 Å². The van der Waals surface area contributed by atoms with Crippen LogP contribution in [-0.2, 0) is 33.3 Å². The maximum atomic E-state index is 13.8. The summed E-state index contributed by atoms with van der Waals surface area (Å²) in [5.74, 6) is -2.85. The summed E-state index contributed by atoms with van der Waals surface area (Å²) in [6.07, 6.45) is -0.564. The van der Waals surface area contributed by atoms with E-state index in [1.54, 1.807) is 28.0 Å². The molecule has 2 aliphatic heterocycles. The fraction of sp³-hybridized carbons (Fsp3) is 0.903. The Balaban J connectivity index is 2.54. The van der Waals surface area contributed by atoms with Crippen LogP contribution in [0.1, 0.15) is 81.6 Å². The van der Waals surface area contributed by atoms with Gasteiger partial charge in [0.05, 0.1) is 17.7 Å². The number of rotatable bonds is 5. The molecule has 0 spiro atoms. The summed E-state index contributed by atoms with van der Waals surface area (Å²) in [5, 5.41) is 3.26. The zero-order valence-corrected chi connectivity index (χ0v) is 27.2. The average Bonchev–Trinajstić information content (AvgIpc) is 2.88. The van der Waals surface area contributed by atoms with Crippen molar-refractivity contribution in [1.82, 2.24) is 10.2 Å². The lowest BCUT2D eigenvalue weighted by atomic mass is 9.70. The fourth-order valence-electron chi connectivity index (χ4n) is 6.79. The highest BCUT2D eigenvalue weighted by molar-refractivity contribution is 6.00. The van der Waals surface area contributed by atoms with Gasteiger partial charge in [-0.05, 0) is 73.5 Å². The monoisotopic (exact) mass is 568 g/mol. The SMILES string of the molecule is CN[C@@]1(C)CC(C)C(=O)C(C)CC(C)(C)C(OC2O[C@H](C)CC(N(C)C)C2OC)[C@@H](C)C(=O)[C@@H](C)C(=O)O[C@@H]1C. The molecule has 2 rings (SSSR count). The predicted molar refractivity (Wildman–Crippen MR) is 155 cm³/mol. The maximum Gasteiger partial charge on any atom is 0.316 e. The highest BCUT2D eigenvalue weighted by Gasteiger charge is 2.48. The van der Waals surface area contributed by atoms with E-state index in [1.165, 1.54) is 0 Å². The summed E-state index contributed by atoms with van der Waals surface area (Å²) in [5.41, 5.74) is -1.23. The number of methoxy groups -OCH3 is 1. The van der Waals surface area contributed by atoms with Crippen molar-refractivity contribution >= 4 is 17.5 Å². The topological polar surface area (TPSA) is 103 Å². The van der Waals surface area contributed by atoms with Gasteiger partial charge in [-0.1, -0.05) is 34.6 Å². The fourth-order valence-corrected chi connectivity index (χ4v) is 6.79. The maximum absolute atomic E-state index is 13.8. The minimum atomic E-state index is -0.973. The highest BCUT2D eigenvalue weighted by Crippen LogP contribution is 2.41.